The Morgan fingerprint density at radius 2 is 1.65 bits per heavy atom. The number of amides is 1. The zero-order chi connectivity index (χ0) is 28.0. The van der Waals surface area contributed by atoms with Crippen molar-refractivity contribution in [2.45, 2.75) is 23.2 Å². The smallest absolute Gasteiger partial charge is 0.231 e. The average Bonchev–Trinajstić information content (AvgIpc) is 3.67. The number of hydrogen-bond acceptors (Lipinski definition) is 9. The number of nitrogens with zero attached hydrogens (tertiary/aromatic N) is 1. The van der Waals surface area contributed by atoms with Gasteiger partial charge in [-0.3, -0.25) is 4.79 Å². The zero-order valence-electron chi connectivity index (χ0n) is 22.7. The number of aliphatic hydroxyl groups excluding tert-OH is 1. The monoisotopic (exact) mass is 547 g/mol. The summed E-state index contributed by atoms with van der Waals surface area (Å²) in [6.07, 6.45) is -1.37. The number of carbonyl (C=O) groups excluding carboxylic acids is 1. The molecule has 10 heteroatoms. The number of carbonyl (C=O) groups is 1. The van der Waals surface area contributed by atoms with Gasteiger partial charge >= 0.3 is 0 Å². The molecule has 1 fully saturated rings. The summed E-state index contributed by atoms with van der Waals surface area (Å²) >= 11 is 0. The maximum atomic E-state index is 13.9. The first-order valence-corrected chi connectivity index (χ1v) is 12.9. The van der Waals surface area contributed by atoms with Gasteiger partial charge in [0.15, 0.2) is 28.6 Å². The molecule has 0 aromatic heterocycles. The van der Waals surface area contributed by atoms with Crippen LogP contribution in [-0.4, -0.2) is 64.2 Å². The molecule has 5 atom stereocenters. The third-order valence-electron chi connectivity index (χ3n) is 8.58. The van der Waals surface area contributed by atoms with Crippen molar-refractivity contribution in [3.05, 3.63) is 65.2 Å². The molecule has 10 nitrogen and oxygen atoms in total. The van der Waals surface area contributed by atoms with Gasteiger partial charge in [-0.05, 0) is 17.7 Å². The predicted molar refractivity (Wildman–Crippen MR) is 141 cm³/mol. The molecule has 40 heavy (non-hydrogen) atoms. The first kappa shape index (κ1) is 24.7. The summed E-state index contributed by atoms with van der Waals surface area (Å²) in [7, 11) is 7.93. The van der Waals surface area contributed by atoms with Crippen LogP contribution in [0.3, 0.4) is 0 Å². The predicted octanol–water partition coefficient (Wildman–Crippen LogP) is 3.18. The highest BCUT2D eigenvalue weighted by molar-refractivity contribution is 5.84. The fourth-order valence-electron chi connectivity index (χ4n) is 7.14. The number of hydrogen-bond donors (Lipinski definition) is 1. The zero-order valence-corrected chi connectivity index (χ0v) is 22.7. The van der Waals surface area contributed by atoms with Gasteiger partial charge in [0, 0.05) is 31.6 Å². The molecule has 0 spiro atoms. The van der Waals surface area contributed by atoms with E-state index in [-0.39, 0.29) is 12.7 Å². The summed E-state index contributed by atoms with van der Waals surface area (Å²) in [5, 5.41) is 12.5. The summed E-state index contributed by atoms with van der Waals surface area (Å²) in [5.74, 6) is 0.881. The lowest BCUT2D eigenvalue weighted by Crippen LogP contribution is -2.52. The van der Waals surface area contributed by atoms with E-state index < -0.39 is 29.1 Å². The van der Waals surface area contributed by atoms with E-state index in [9.17, 15) is 9.90 Å². The van der Waals surface area contributed by atoms with Crippen molar-refractivity contribution in [2.24, 2.45) is 5.92 Å². The van der Waals surface area contributed by atoms with Crippen molar-refractivity contribution in [2.75, 3.05) is 42.2 Å². The lowest BCUT2D eigenvalue weighted by atomic mass is 9.71. The van der Waals surface area contributed by atoms with Crippen molar-refractivity contribution in [3.8, 4) is 40.2 Å². The second-order valence-electron chi connectivity index (χ2n) is 10.5. The topological polar surface area (TPSA) is 105 Å². The maximum Gasteiger partial charge on any atom is 0.231 e. The van der Waals surface area contributed by atoms with Crippen LogP contribution in [0.4, 0.5) is 0 Å². The molecular formula is C30H29NO9. The van der Waals surface area contributed by atoms with E-state index in [0.717, 1.165) is 5.56 Å². The summed E-state index contributed by atoms with van der Waals surface area (Å²) in [6.45, 7) is 0.00969. The third-order valence-corrected chi connectivity index (χ3v) is 8.58. The van der Waals surface area contributed by atoms with E-state index >= 15 is 0 Å². The van der Waals surface area contributed by atoms with E-state index in [2.05, 4.69) is 0 Å². The molecule has 1 N–H and O–H groups in total. The fourth-order valence-corrected chi connectivity index (χ4v) is 7.14. The van der Waals surface area contributed by atoms with E-state index in [1.54, 1.807) is 33.3 Å². The Labute approximate surface area is 230 Å². The van der Waals surface area contributed by atoms with Crippen LogP contribution < -0.4 is 33.2 Å². The Balaban J connectivity index is 1.61. The summed E-state index contributed by atoms with van der Waals surface area (Å²) in [5.41, 5.74) is -1.15. The lowest BCUT2D eigenvalue weighted by molar-refractivity contribution is -0.140. The molecule has 3 aromatic rings. The standard InChI is InChI=1S/C30H29NO9/c1-31(2)28(33)20-21(15-9-7-6-8-10-15)29-16-11-12-17(34-3)24(35-4)23(16)40-30(29,27(20)32)22-18(39-29)13-19-25(26(22)36-5)38-14-37-19/h6-13,20-21,27,32H,14H2,1-5H3/t20-,21-,27-,29-,30+/m1/s1. The molecule has 1 aliphatic carbocycles. The molecule has 0 unspecified atom stereocenters. The molecule has 208 valence electrons. The summed E-state index contributed by atoms with van der Waals surface area (Å²) in [6, 6.07) is 14.9. The Hall–Kier alpha value is -4.31. The minimum Gasteiger partial charge on any atom is -0.493 e. The highest BCUT2D eigenvalue weighted by Crippen LogP contribution is 2.77. The maximum absolute atomic E-state index is 13.9. The van der Waals surface area contributed by atoms with Crippen LogP contribution in [0, 0.1) is 5.92 Å². The molecular weight excluding hydrogens is 518 g/mol. The summed E-state index contributed by atoms with van der Waals surface area (Å²) in [4.78, 5) is 15.4. The second-order valence-corrected chi connectivity index (χ2v) is 10.5. The third kappa shape index (κ3) is 2.69. The van der Waals surface area contributed by atoms with Gasteiger partial charge in [0.2, 0.25) is 29.8 Å². The minimum atomic E-state index is -1.62. The largest absolute Gasteiger partial charge is 0.493 e. The molecule has 0 radical (unpaired) electrons. The van der Waals surface area contributed by atoms with Crippen molar-refractivity contribution in [1.82, 2.24) is 4.90 Å². The molecule has 3 aliphatic heterocycles. The molecule has 3 heterocycles. The first-order chi connectivity index (χ1) is 19.3. The van der Waals surface area contributed by atoms with Gasteiger partial charge < -0.3 is 43.2 Å². The van der Waals surface area contributed by atoms with E-state index in [1.165, 1.54) is 19.1 Å². The van der Waals surface area contributed by atoms with Gasteiger partial charge in [0.25, 0.3) is 0 Å². The Bertz CT molecular complexity index is 1540. The number of methoxy groups -OCH3 is 3. The normalized spacial score (nSPS) is 28.0. The number of rotatable bonds is 5. The van der Waals surface area contributed by atoms with Crippen molar-refractivity contribution >= 4 is 5.91 Å². The van der Waals surface area contributed by atoms with Crippen LogP contribution in [0.5, 0.6) is 40.2 Å². The van der Waals surface area contributed by atoms with E-state index in [1.807, 2.05) is 36.4 Å². The minimum absolute atomic E-state index is 0.00969. The van der Waals surface area contributed by atoms with Crippen molar-refractivity contribution < 1.29 is 43.1 Å². The lowest BCUT2D eigenvalue weighted by Gasteiger charge is -2.36. The van der Waals surface area contributed by atoms with Crippen LogP contribution in [-0.2, 0) is 16.0 Å². The molecule has 0 saturated heterocycles. The summed E-state index contributed by atoms with van der Waals surface area (Å²) < 4.78 is 42.7. The Kier molecular flexibility index (Phi) is 5.16. The van der Waals surface area contributed by atoms with Gasteiger partial charge in [-0.15, -0.1) is 0 Å². The van der Waals surface area contributed by atoms with Crippen LogP contribution in [0.25, 0.3) is 0 Å². The van der Waals surface area contributed by atoms with Crippen LogP contribution in [0.2, 0.25) is 0 Å². The number of ether oxygens (including phenoxy) is 7. The number of benzene rings is 3. The van der Waals surface area contributed by atoms with Crippen LogP contribution in [0.15, 0.2) is 48.5 Å². The second kappa shape index (κ2) is 8.34. The highest BCUT2D eigenvalue weighted by Gasteiger charge is 2.84. The van der Waals surface area contributed by atoms with Crippen molar-refractivity contribution in [1.29, 1.82) is 0 Å². The fraction of sp³-hybridized carbons (Fsp3) is 0.367. The molecule has 0 bridgehead atoms. The first-order valence-electron chi connectivity index (χ1n) is 12.9. The molecule has 7 rings (SSSR count). The van der Waals surface area contributed by atoms with Gasteiger partial charge in [0.05, 0.1) is 32.8 Å². The number of fused-ring (bicyclic) bond motifs is 3. The van der Waals surface area contributed by atoms with E-state index in [4.69, 9.17) is 33.2 Å². The van der Waals surface area contributed by atoms with Gasteiger partial charge in [-0.1, -0.05) is 30.3 Å². The molecule has 1 amide bonds. The van der Waals surface area contributed by atoms with Gasteiger partial charge in [-0.25, -0.2) is 0 Å². The molecule has 4 aliphatic rings. The van der Waals surface area contributed by atoms with Crippen molar-refractivity contribution in [3.63, 3.8) is 0 Å². The molecule has 1 saturated carbocycles. The average molecular weight is 548 g/mol. The Morgan fingerprint density at radius 3 is 2.33 bits per heavy atom. The van der Waals surface area contributed by atoms with E-state index in [0.29, 0.717) is 51.4 Å². The van der Waals surface area contributed by atoms with Gasteiger partial charge in [-0.2, -0.15) is 0 Å². The number of aliphatic hydroxyl groups is 1. The Morgan fingerprint density at radius 1 is 0.900 bits per heavy atom. The SMILES string of the molecule is COc1ccc2c(c1OC)O[C@]13c4c(cc5c(c4OC)OCO5)O[C@@]21[C@H](c1ccccc1)[C@@H](C(=O)N(C)C)[C@H]3O. The van der Waals surface area contributed by atoms with Gasteiger partial charge in [0.1, 0.15) is 11.9 Å². The quantitative estimate of drug-likeness (QED) is 0.516. The van der Waals surface area contributed by atoms with Crippen LogP contribution in [0.1, 0.15) is 22.6 Å². The molecule has 3 aromatic carbocycles. The van der Waals surface area contributed by atoms with Crippen LogP contribution >= 0.6 is 0 Å². The highest BCUT2D eigenvalue weighted by atomic mass is 16.7.